The second kappa shape index (κ2) is 7.04. The molecule has 2 heterocycles. The summed E-state index contributed by atoms with van der Waals surface area (Å²) in [5.74, 6) is 0.964. The van der Waals surface area contributed by atoms with Gasteiger partial charge in [0.2, 0.25) is 0 Å². The largest absolute Gasteiger partial charge is 0.323 e. The average molecular weight is 314 g/mol. The Morgan fingerprint density at radius 2 is 2.00 bits per heavy atom. The van der Waals surface area contributed by atoms with Gasteiger partial charge in [-0.15, -0.1) is 0 Å². The van der Waals surface area contributed by atoms with Crippen LogP contribution in [0.15, 0.2) is 30.5 Å². The first-order valence-electron chi connectivity index (χ1n) is 7.47. The molecule has 0 radical (unpaired) electrons. The van der Waals surface area contributed by atoms with Gasteiger partial charge in [-0.2, -0.15) is 9.78 Å². The lowest BCUT2D eigenvalue weighted by Gasteiger charge is -2.21. The van der Waals surface area contributed by atoms with E-state index in [1.54, 1.807) is 17.2 Å². The Morgan fingerprint density at radius 1 is 1.35 bits per heavy atom. The van der Waals surface area contributed by atoms with Crippen LogP contribution in [0.3, 0.4) is 0 Å². The molecule has 0 saturated heterocycles. The maximum Gasteiger partial charge on any atom is 0.323 e. The van der Waals surface area contributed by atoms with E-state index in [0.717, 1.165) is 17.0 Å². The van der Waals surface area contributed by atoms with Gasteiger partial charge in [0.1, 0.15) is 5.82 Å². The Balaban J connectivity index is 2.24. The standard InChI is InChI=1S/C16H22N6O/c1-6-21(10-11(2)3)16(23)20-14-7-8-17-22(14)15-18-12(4)9-13(5)19-15/h7-9H,2,6,10H2,1,3-5H3,(H,20,23). The van der Waals surface area contributed by atoms with Gasteiger partial charge in [-0.3, -0.25) is 5.32 Å². The molecule has 0 aliphatic heterocycles. The minimum Gasteiger partial charge on any atom is -0.321 e. The van der Waals surface area contributed by atoms with Crippen molar-refractivity contribution in [3.05, 3.63) is 41.9 Å². The summed E-state index contributed by atoms with van der Waals surface area (Å²) in [7, 11) is 0. The zero-order valence-electron chi connectivity index (χ0n) is 14.0. The zero-order chi connectivity index (χ0) is 17.0. The summed E-state index contributed by atoms with van der Waals surface area (Å²) in [4.78, 5) is 22.8. The lowest BCUT2D eigenvalue weighted by molar-refractivity contribution is 0.218. The molecule has 2 aromatic rings. The quantitative estimate of drug-likeness (QED) is 0.861. The number of rotatable bonds is 5. The van der Waals surface area contributed by atoms with E-state index in [2.05, 4.69) is 27.0 Å². The Labute approximate surface area is 136 Å². The third-order valence-corrected chi connectivity index (χ3v) is 3.17. The Kier molecular flexibility index (Phi) is 5.10. The van der Waals surface area contributed by atoms with Crippen molar-refractivity contribution in [2.45, 2.75) is 27.7 Å². The molecule has 0 atom stereocenters. The number of aryl methyl sites for hydroxylation is 2. The molecule has 23 heavy (non-hydrogen) atoms. The molecule has 122 valence electrons. The third kappa shape index (κ3) is 4.15. The number of carbonyl (C=O) groups is 1. The summed E-state index contributed by atoms with van der Waals surface area (Å²) < 4.78 is 1.52. The third-order valence-electron chi connectivity index (χ3n) is 3.17. The van der Waals surface area contributed by atoms with E-state index in [9.17, 15) is 4.79 Å². The van der Waals surface area contributed by atoms with Gasteiger partial charge < -0.3 is 4.90 Å². The van der Waals surface area contributed by atoms with Crippen LogP contribution < -0.4 is 5.32 Å². The van der Waals surface area contributed by atoms with Crippen LogP contribution in [-0.4, -0.2) is 43.8 Å². The monoisotopic (exact) mass is 314 g/mol. The predicted octanol–water partition coefficient (Wildman–Crippen LogP) is 2.71. The van der Waals surface area contributed by atoms with Crippen molar-refractivity contribution in [1.29, 1.82) is 0 Å². The first kappa shape index (κ1) is 16.7. The average Bonchev–Trinajstić information content (AvgIpc) is 2.91. The first-order chi connectivity index (χ1) is 10.9. The van der Waals surface area contributed by atoms with Gasteiger partial charge in [-0.25, -0.2) is 14.8 Å². The highest BCUT2D eigenvalue weighted by atomic mass is 16.2. The Hall–Kier alpha value is -2.70. The van der Waals surface area contributed by atoms with Crippen LogP contribution in [-0.2, 0) is 0 Å². The lowest BCUT2D eigenvalue weighted by atomic mass is 10.3. The maximum absolute atomic E-state index is 12.4. The van der Waals surface area contributed by atoms with Gasteiger partial charge in [-0.05, 0) is 33.8 Å². The highest BCUT2D eigenvalue weighted by Crippen LogP contribution is 2.13. The number of hydrogen-bond acceptors (Lipinski definition) is 4. The van der Waals surface area contributed by atoms with Crippen LogP contribution in [0.5, 0.6) is 0 Å². The van der Waals surface area contributed by atoms with Gasteiger partial charge in [0, 0.05) is 30.5 Å². The number of nitrogens with one attached hydrogen (secondary N) is 1. The number of hydrogen-bond donors (Lipinski definition) is 1. The molecule has 0 bridgehead atoms. The van der Waals surface area contributed by atoms with E-state index >= 15 is 0 Å². The van der Waals surface area contributed by atoms with Gasteiger partial charge in [0.25, 0.3) is 5.95 Å². The van der Waals surface area contributed by atoms with Crippen molar-refractivity contribution >= 4 is 11.8 Å². The topological polar surface area (TPSA) is 75.9 Å². The van der Waals surface area contributed by atoms with Crippen molar-refractivity contribution in [3.63, 3.8) is 0 Å². The summed E-state index contributed by atoms with van der Waals surface area (Å²) in [5.41, 5.74) is 2.61. The smallest absolute Gasteiger partial charge is 0.321 e. The van der Waals surface area contributed by atoms with Crippen molar-refractivity contribution in [2.75, 3.05) is 18.4 Å². The maximum atomic E-state index is 12.4. The molecule has 7 heteroatoms. The SMILES string of the molecule is C=C(C)CN(CC)C(=O)Nc1ccnn1-c1nc(C)cc(C)n1. The summed E-state index contributed by atoms with van der Waals surface area (Å²) in [6.07, 6.45) is 1.60. The van der Waals surface area contributed by atoms with Crippen LogP contribution >= 0.6 is 0 Å². The predicted molar refractivity (Wildman–Crippen MR) is 89.7 cm³/mol. The van der Waals surface area contributed by atoms with Crippen LogP contribution in [0.2, 0.25) is 0 Å². The molecule has 2 aromatic heterocycles. The zero-order valence-corrected chi connectivity index (χ0v) is 14.0. The van der Waals surface area contributed by atoms with Crippen LogP contribution in [0.4, 0.5) is 10.6 Å². The first-order valence-corrected chi connectivity index (χ1v) is 7.47. The molecule has 2 amide bonds. The number of nitrogens with zero attached hydrogens (tertiary/aromatic N) is 5. The van der Waals surface area contributed by atoms with Crippen molar-refractivity contribution in [1.82, 2.24) is 24.6 Å². The fraction of sp³-hybridized carbons (Fsp3) is 0.375. The van der Waals surface area contributed by atoms with E-state index in [1.165, 1.54) is 4.68 Å². The van der Waals surface area contributed by atoms with Crippen LogP contribution in [0.25, 0.3) is 5.95 Å². The molecule has 2 rings (SSSR count). The lowest BCUT2D eigenvalue weighted by Crippen LogP contribution is -2.36. The Bertz CT molecular complexity index is 701. The fourth-order valence-corrected chi connectivity index (χ4v) is 2.20. The van der Waals surface area contributed by atoms with Gasteiger partial charge in [0.15, 0.2) is 0 Å². The molecule has 0 fully saturated rings. The normalized spacial score (nSPS) is 10.4. The molecule has 7 nitrogen and oxygen atoms in total. The minimum absolute atomic E-state index is 0.207. The molecule has 0 aromatic carbocycles. The summed E-state index contributed by atoms with van der Waals surface area (Å²) in [6, 6.07) is 3.39. The van der Waals surface area contributed by atoms with E-state index in [4.69, 9.17) is 0 Å². The Morgan fingerprint density at radius 3 is 2.57 bits per heavy atom. The van der Waals surface area contributed by atoms with Gasteiger partial charge >= 0.3 is 6.03 Å². The minimum atomic E-state index is -0.207. The molecule has 0 spiro atoms. The molecule has 0 saturated carbocycles. The molecular formula is C16H22N6O. The van der Waals surface area contributed by atoms with Crippen LogP contribution in [0.1, 0.15) is 25.2 Å². The number of anilines is 1. The van der Waals surface area contributed by atoms with E-state index in [0.29, 0.717) is 24.9 Å². The molecule has 1 N–H and O–H groups in total. The van der Waals surface area contributed by atoms with Gasteiger partial charge in [0.05, 0.1) is 6.20 Å². The van der Waals surface area contributed by atoms with Crippen molar-refractivity contribution < 1.29 is 4.79 Å². The molecular weight excluding hydrogens is 292 g/mol. The van der Waals surface area contributed by atoms with Crippen molar-refractivity contribution in [2.24, 2.45) is 0 Å². The van der Waals surface area contributed by atoms with Crippen molar-refractivity contribution in [3.8, 4) is 5.95 Å². The van der Waals surface area contributed by atoms with E-state index in [-0.39, 0.29) is 6.03 Å². The number of aromatic nitrogens is 4. The number of likely N-dealkylation sites (N-methyl/N-ethyl adjacent to an activating group) is 1. The molecule has 0 aliphatic carbocycles. The number of amides is 2. The second-order valence-corrected chi connectivity index (χ2v) is 5.48. The fourth-order valence-electron chi connectivity index (χ4n) is 2.20. The summed E-state index contributed by atoms with van der Waals surface area (Å²) in [6.45, 7) is 12.6. The number of carbonyl (C=O) groups excluding carboxylic acids is 1. The number of urea groups is 1. The molecule has 0 unspecified atom stereocenters. The second-order valence-electron chi connectivity index (χ2n) is 5.48. The van der Waals surface area contributed by atoms with E-state index < -0.39 is 0 Å². The summed E-state index contributed by atoms with van der Waals surface area (Å²) >= 11 is 0. The summed E-state index contributed by atoms with van der Waals surface area (Å²) in [5, 5.41) is 7.06. The highest BCUT2D eigenvalue weighted by Gasteiger charge is 2.15. The van der Waals surface area contributed by atoms with Gasteiger partial charge in [-0.1, -0.05) is 12.2 Å². The van der Waals surface area contributed by atoms with E-state index in [1.807, 2.05) is 33.8 Å². The van der Waals surface area contributed by atoms with Crippen LogP contribution in [0, 0.1) is 13.8 Å². The highest BCUT2D eigenvalue weighted by molar-refractivity contribution is 5.88. The molecule has 0 aliphatic rings.